The van der Waals surface area contributed by atoms with Crippen molar-refractivity contribution in [2.24, 2.45) is 17.8 Å². The molecule has 2 aromatic carbocycles. The van der Waals surface area contributed by atoms with E-state index in [4.69, 9.17) is 0 Å². The molecule has 0 N–H and O–H groups in total. The number of benzene rings is 2. The van der Waals surface area contributed by atoms with Gasteiger partial charge in [0.25, 0.3) is 0 Å². The minimum atomic E-state index is 0.431. The summed E-state index contributed by atoms with van der Waals surface area (Å²) in [5.74, 6) is 1.89. The highest BCUT2D eigenvalue weighted by atomic mass is 14.4. The van der Waals surface area contributed by atoms with Gasteiger partial charge in [-0.1, -0.05) is 115 Å². The van der Waals surface area contributed by atoms with Crippen LogP contribution in [0.5, 0.6) is 0 Å². The number of fused-ring (bicyclic) bond motifs is 10. The van der Waals surface area contributed by atoms with E-state index in [9.17, 15) is 0 Å². The fourth-order valence-electron chi connectivity index (χ4n) is 9.85. The Morgan fingerprint density at radius 2 is 1.09 bits per heavy atom. The second-order valence-corrected chi connectivity index (χ2v) is 14.4. The summed E-state index contributed by atoms with van der Waals surface area (Å²) in [7, 11) is 0. The van der Waals surface area contributed by atoms with E-state index in [1.807, 2.05) is 0 Å². The molecular weight excluding hydrogens is 553 g/mol. The Balaban J connectivity index is 0.978. The van der Waals surface area contributed by atoms with Gasteiger partial charge in [0.2, 0.25) is 0 Å². The van der Waals surface area contributed by atoms with Crippen LogP contribution in [0.2, 0.25) is 0 Å². The largest absolute Gasteiger partial charge is 0.0839 e. The zero-order chi connectivity index (χ0) is 30.2. The first-order valence-corrected chi connectivity index (χ1v) is 17.7. The summed E-state index contributed by atoms with van der Waals surface area (Å²) >= 11 is 0. The summed E-state index contributed by atoms with van der Waals surface area (Å²) in [6, 6.07) is 14.6. The van der Waals surface area contributed by atoms with Gasteiger partial charge in [-0.05, 0) is 135 Å². The van der Waals surface area contributed by atoms with Crippen molar-refractivity contribution < 1.29 is 0 Å². The van der Waals surface area contributed by atoms with Crippen LogP contribution in [0.1, 0.15) is 73.1 Å². The van der Waals surface area contributed by atoms with Crippen LogP contribution >= 0.6 is 0 Å². The molecular formula is C46H40. The lowest BCUT2D eigenvalue weighted by Gasteiger charge is -2.39. The highest BCUT2D eigenvalue weighted by Crippen LogP contribution is 2.51. The van der Waals surface area contributed by atoms with Crippen molar-refractivity contribution in [2.75, 3.05) is 0 Å². The summed E-state index contributed by atoms with van der Waals surface area (Å²) in [5, 5.41) is 0. The molecule has 4 unspecified atom stereocenters. The first kappa shape index (κ1) is 26.8. The summed E-state index contributed by atoms with van der Waals surface area (Å²) in [6.07, 6.45) is 42.8. The van der Waals surface area contributed by atoms with Crippen molar-refractivity contribution in [3.63, 3.8) is 0 Å². The predicted octanol–water partition coefficient (Wildman–Crippen LogP) is 11.7. The maximum absolute atomic E-state index is 2.62. The zero-order valence-electron chi connectivity index (χ0n) is 26.5. The summed E-state index contributed by atoms with van der Waals surface area (Å²) in [5.41, 5.74) is 21.4. The van der Waals surface area contributed by atoms with Crippen LogP contribution in [0.15, 0.2) is 154 Å². The topological polar surface area (TPSA) is 0 Å². The van der Waals surface area contributed by atoms with Crippen LogP contribution in [-0.2, 0) is 6.42 Å². The van der Waals surface area contributed by atoms with Gasteiger partial charge in [0.15, 0.2) is 0 Å². The number of allylic oxidation sites excluding steroid dienone is 21. The monoisotopic (exact) mass is 592 g/mol. The Bertz CT molecular complexity index is 2050. The molecule has 0 saturated carbocycles. The van der Waals surface area contributed by atoms with Gasteiger partial charge < -0.3 is 0 Å². The summed E-state index contributed by atoms with van der Waals surface area (Å²) in [6.45, 7) is 0. The predicted molar refractivity (Wildman–Crippen MR) is 193 cm³/mol. The molecule has 0 aromatic heterocycles. The summed E-state index contributed by atoms with van der Waals surface area (Å²) < 4.78 is 0. The van der Waals surface area contributed by atoms with Crippen LogP contribution in [-0.4, -0.2) is 0 Å². The second-order valence-electron chi connectivity index (χ2n) is 14.4. The molecule has 10 rings (SSSR count). The molecule has 0 heteroatoms. The molecule has 46 heavy (non-hydrogen) atoms. The van der Waals surface area contributed by atoms with Crippen LogP contribution < -0.4 is 0 Å². The van der Waals surface area contributed by atoms with E-state index >= 15 is 0 Å². The standard InChI is InChI=1S/C46H40/c1-3-13-39-35(9-1)37-11-5-7-15-41(37)45-27-33(21-23-43(39)45)31-19-17-30-26-32(20-18-29(30)25-31)34-22-24-44-40-14-4-2-10-36(40)38-12-6-8-16-42(38)46(44)28-34/h1-2,5-12,15-17,19,21,23,25-28,37-38,41-42H,3-4,13-14,18,20,22,24H2. The Kier molecular flexibility index (Phi) is 6.15. The maximum atomic E-state index is 2.62. The van der Waals surface area contributed by atoms with E-state index in [2.05, 4.69) is 121 Å². The van der Waals surface area contributed by atoms with E-state index in [0.717, 1.165) is 25.7 Å². The lowest BCUT2D eigenvalue weighted by molar-refractivity contribution is 0.577. The van der Waals surface area contributed by atoms with E-state index in [0.29, 0.717) is 23.7 Å². The van der Waals surface area contributed by atoms with Crippen molar-refractivity contribution in [1.29, 1.82) is 0 Å². The van der Waals surface area contributed by atoms with Gasteiger partial charge in [0.1, 0.15) is 0 Å². The van der Waals surface area contributed by atoms with Gasteiger partial charge in [-0.25, -0.2) is 0 Å². The lowest BCUT2D eigenvalue weighted by Crippen LogP contribution is -2.26. The minimum absolute atomic E-state index is 0.431. The smallest absolute Gasteiger partial charge is 0.0131 e. The van der Waals surface area contributed by atoms with Crippen molar-refractivity contribution >= 4 is 11.6 Å². The normalized spacial score (nSPS) is 28.1. The Labute approximate surface area is 273 Å². The number of hydrogen-bond donors (Lipinski definition) is 0. The van der Waals surface area contributed by atoms with Crippen LogP contribution in [0.25, 0.3) is 22.8 Å². The third-order valence-corrected chi connectivity index (χ3v) is 12.1. The molecule has 0 radical (unpaired) electrons. The third-order valence-electron chi connectivity index (χ3n) is 12.1. The highest BCUT2D eigenvalue weighted by molar-refractivity contribution is 5.82. The quantitative estimate of drug-likeness (QED) is 0.325. The molecule has 0 bridgehead atoms. The van der Waals surface area contributed by atoms with Crippen LogP contribution in [0, 0.1) is 17.8 Å². The van der Waals surface area contributed by atoms with Gasteiger partial charge in [-0.3, -0.25) is 0 Å². The molecule has 0 aliphatic heterocycles. The molecule has 0 spiro atoms. The number of rotatable bonds is 2. The van der Waals surface area contributed by atoms with Gasteiger partial charge in [0.05, 0.1) is 0 Å². The molecule has 0 nitrogen and oxygen atoms in total. The fourth-order valence-corrected chi connectivity index (χ4v) is 9.85. The molecule has 224 valence electrons. The van der Waals surface area contributed by atoms with Crippen molar-refractivity contribution in [3.8, 4) is 11.1 Å². The Morgan fingerprint density at radius 3 is 1.91 bits per heavy atom. The molecule has 8 aliphatic rings. The Morgan fingerprint density at radius 1 is 0.478 bits per heavy atom. The van der Waals surface area contributed by atoms with Crippen molar-refractivity contribution in [3.05, 3.63) is 177 Å². The average molecular weight is 593 g/mol. The number of aryl methyl sites for hydroxylation is 1. The highest BCUT2D eigenvalue weighted by Gasteiger charge is 2.36. The molecule has 8 aliphatic carbocycles. The maximum Gasteiger partial charge on any atom is 0.0131 e. The van der Waals surface area contributed by atoms with Crippen molar-refractivity contribution in [2.45, 2.75) is 57.3 Å². The van der Waals surface area contributed by atoms with E-state index in [1.165, 1.54) is 64.6 Å². The average Bonchev–Trinajstić information content (AvgIpc) is 3.14. The summed E-state index contributed by atoms with van der Waals surface area (Å²) in [4.78, 5) is 0. The minimum Gasteiger partial charge on any atom is -0.0839 e. The van der Waals surface area contributed by atoms with E-state index in [-0.39, 0.29) is 0 Å². The molecule has 4 atom stereocenters. The molecule has 0 saturated heterocycles. The van der Waals surface area contributed by atoms with E-state index in [1.54, 1.807) is 39.0 Å². The van der Waals surface area contributed by atoms with Gasteiger partial charge >= 0.3 is 0 Å². The molecule has 0 fully saturated rings. The third kappa shape index (κ3) is 4.12. The lowest BCUT2D eigenvalue weighted by atomic mass is 9.65. The Hall–Kier alpha value is -4.42. The van der Waals surface area contributed by atoms with Gasteiger partial charge in [0, 0.05) is 23.7 Å². The molecule has 0 amide bonds. The van der Waals surface area contributed by atoms with Crippen molar-refractivity contribution in [1.82, 2.24) is 0 Å². The number of hydrogen-bond acceptors (Lipinski definition) is 0. The van der Waals surface area contributed by atoms with Crippen LogP contribution in [0.4, 0.5) is 0 Å². The zero-order valence-corrected chi connectivity index (χ0v) is 26.5. The van der Waals surface area contributed by atoms with Crippen LogP contribution in [0.3, 0.4) is 0 Å². The van der Waals surface area contributed by atoms with E-state index < -0.39 is 0 Å². The first-order valence-electron chi connectivity index (χ1n) is 17.7. The SMILES string of the molecule is C1=CC2C3=C(CCC=C3)C3=C(C=C(C4=Cc5ccc(-c6ccc7c(c6)C6C=CC=CC6C6=C7CCC=C6)cc5CC4)CC3)C2C=C1. The fraction of sp³-hybridized carbons (Fsp3) is 0.261. The second kappa shape index (κ2) is 10.6. The van der Waals surface area contributed by atoms with Gasteiger partial charge in [-0.15, -0.1) is 0 Å². The van der Waals surface area contributed by atoms with Gasteiger partial charge in [-0.2, -0.15) is 0 Å². The molecule has 2 aromatic rings. The first-order chi connectivity index (χ1) is 22.8. The molecule has 0 heterocycles.